The smallest absolute Gasteiger partial charge is 0.321 e. The lowest BCUT2D eigenvalue weighted by Gasteiger charge is -2.13. The van der Waals surface area contributed by atoms with Crippen molar-refractivity contribution in [3.8, 4) is 10.6 Å². The summed E-state index contributed by atoms with van der Waals surface area (Å²) in [6, 6.07) is 17.3. The van der Waals surface area contributed by atoms with Crippen LogP contribution in [0.25, 0.3) is 10.6 Å². The van der Waals surface area contributed by atoms with Gasteiger partial charge in [0, 0.05) is 23.2 Å². The zero-order chi connectivity index (χ0) is 17.6. The second kappa shape index (κ2) is 8.05. The van der Waals surface area contributed by atoms with E-state index in [1.54, 1.807) is 11.3 Å². The molecule has 0 radical (unpaired) electrons. The number of aryl methyl sites for hydroxylation is 1. The standard InChI is InChI=1S/C20H20N2O2S/c1-14-7-9-16(10-8-14)19-22-13-17(25-19)12-21-18(20(23)24)11-15-5-3-2-4-6-15/h2-10,13,18,21H,11-12H2,1H3,(H,23,24). The fourth-order valence-corrected chi connectivity index (χ4v) is 3.41. The first-order valence-corrected chi connectivity index (χ1v) is 8.95. The lowest BCUT2D eigenvalue weighted by atomic mass is 10.1. The number of aliphatic carboxylic acids is 1. The second-order valence-corrected chi connectivity index (χ2v) is 7.07. The number of carboxylic acids is 1. The molecule has 0 aliphatic heterocycles. The molecule has 3 aromatic rings. The normalized spacial score (nSPS) is 12.0. The number of thiazole rings is 1. The van der Waals surface area contributed by atoms with Crippen molar-refractivity contribution in [1.82, 2.24) is 10.3 Å². The van der Waals surface area contributed by atoms with E-state index in [1.165, 1.54) is 5.56 Å². The maximum atomic E-state index is 11.5. The topological polar surface area (TPSA) is 62.2 Å². The van der Waals surface area contributed by atoms with Gasteiger partial charge < -0.3 is 5.11 Å². The van der Waals surface area contributed by atoms with E-state index in [0.717, 1.165) is 21.0 Å². The first-order chi connectivity index (χ1) is 12.1. The fourth-order valence-electron chi connectivity index (χ4n) is 2.54. The summed E-state index contributed by atoms with van der Waals surface area (Å²) < 4.78 is 0. The van der Waals surface area contributed by atoms with Crippen LogP contribution in [-0.4, -0.2) is 22.1 Å². The molecule has 0 aliphatic carbocycles. The number of hydrogen-bond acceptors (Lipinski definition) is 4. The lowest BCUT2D eigenvalue weighted by Crippen LogP contribution is -2.37. The third-order valence-corrected chi connectivity index (χ3v) is 5.00. The molecule has 0 fully saturated rings. The van der Waals surface area contributed by atoms with Gasteiger partial charge in [0.25, 0.3) is 0 Å². The van der Waals surface area contributed by atoms with Crippen molar-refractivity contribution in [3.05, 3.63) is 76.8 Å². The van der Waals surface area contributed by atoms with E-state index in [1.807, 2.05) is 36.5 Å². The molecular formula is C20H20N2O2S. The summed E-state index contributed by atoms with van der Waals surface area (Å²) in [5, 5.41) is 13.5. The van der Waals surface area contributed by atoms with Gasteiger partial charge in [0.05, 0.1) is 0 Å². The number of nitrogens with one attached hydrogen (secondary N) is 1. The molecular weight excluding hydrogens is 332 g/mol. The molecule has 128 valence electrons. The molecule has 1 heterocycles. The largest absolute Gasteiger partial charge is 0.480 e. The van der Waals surface area contributed by atoms with Crippen LogP contribution in [0, 0.1) is 6.92 Å². The van der Waals surface area contributed by atoms with E-state index in [-0.39, 0.29) is 0 Å². The molecule has 1 atom stereocenters. The SMILES string of the molecule is Cc1ccc(-c2ncc(CNC(Cc3ccccc3)C(=O)O)s2)cc1. The van der Waals surface area contributed by atoms with Crippen LogP contribution in [0.1, 0.15) is 16.0 Å². The van der Waals surface area contributed by atoms with Gasteiger partial charge in [-0.05, 0) is 18.9 Å². The molecule has 0 saturated carbocycles. The van der Waals surface area contributed by atoms with E-state index < -0.39 is 12.0 Å². The first kappa shape index (κ1) is 17.3. The third-order valence-electron chi connectivity index (χ3n) is 3.96. The maximum absolute atomic E-state index is 11.5. The molecule has 1 unspecified atom stereocenters. The Balaban J connectivity index is 1.63. The Morgan fingerprint density at radius 1 is 1.16 bits per heavy atom. The molecule has 4 nitrogen and oxygen atoms in total. The van der Waals surface area contributed by atoms with E-state index in [9.17, 15) is 9.90 Å². The molecule has 2 aromatic carbocycles. The van der Waals surface area contributed by atoms with Crippen LogP contribution < -0.4 is 5.32 Å². The predicted molar refractivity (Wildman–Crippen MR) is 101 cm³/mol. The van der Waals surface area contributed by atoms with Crippen molar-refractivity contribution < 1.29 is 9.90 Å². The van der Waals surface area contributed by atoms with Crippen LogP contribution in [0.2, 0.25) is 0 Å². The third kappa shape index (κ3) is 4.75. The zero-order valence-electron chi connectivity index (χ0n) is 14.0. The van der Waals surface area contributed by atoms with Crippen molar-refractivity contribution in [1.29, 1.82) is 0 Å². The van der Waals surface area contributed by atoms with Crippen molar-refractivity contribution in [3.63, 3.8) is 0 Å². The first-order valence-electron chi connectivity index (χ1n) is 8.13. The number of carbonyl (C=O) groups is 1. The number of aromatic nitrogens is 1. The summed E-state index contributed by atoms with van der Waals surface area (Å²) in [7, 11) is 0. The summed E-state index contributed by atoms with van der Waals surface area (Å²) in [5.41, 5.74) is 3.31. The summed E-state index contributed by atoms with van der Waals surface area (Å²) in [6.07, 6.45) is 2.27. The Kier molecular flexibility index (Phi) is 5.58. The van der Waals surface area contributed by atoms with Crippen molar-refractivity contribution in [2.45, 2.75) is 25.9 Å². The Bertz CT molecular complexity index is 828. The van der Waals surface area contributed by atoms with E-state index in [0.29, 0.717) is 13.0 Å². The van der Waals surface area contributed by atoms with Gasteiger partial charge in [-0.2, -0.15) is 0 Å². The van der Waals surface area contributed by atoms with Gasteiger partial charge in [0.2, 0.25) is 0 Å². The molecule has 0 spiro atoms. The minimum absolute atomic E-state index is 0.458. The molecule has 0 bridgehead atoms. The van der Waals surface area contributed by atoms with Crippen molar-refractivity contribution in [2.24, 2.45) is 0 Å². The predicted octanol–water partition coefficient (Wildman–Crippen LogP) is 3.90. The van der Waals surface area contributed by atoms with Gasteiger partial charge in [0.1, 0.15) is 11.0 Å². The van der Waals surface area contributed by atoms with Gasteiger partial charge in [-0.25, -0.2) is 4.98 Å². The Morgan fingerprint density at radius 2 is 1.88 bits per heavy atom. The van der Waals surface area contributed by atoms with E-state index >= 15 is 0 Å². The summed E-state index contributed by atoms with van der Waals surface area (Å²) >= 11 is 1.59. The van der Waals surface area contributed by atoms with Gasteiger partial charge in [-0.3, -0.25) is 10.1 Å². The molecule has 5 heteroatoms. The van der Waals surface area contributed by atoms with E-state index in [4.69, 9.17) is 0 Å². The Hall–Kier alpha value is -2.50. The van der Waals surface area contributed by atoms with E-state index in [2.05, 4.69) is 41.5 Å². The molecule has 2 N–H and O–H groups in total. The second-order valence-electron chi connectivity index (χ2n) is 5.96. The van der Waals surface area contributed by atoms with Gasteiger partial charge in [-0.15, -0.1) is 11.3 Å². The highest BCUT2D eigenvalue weighted by Crippen LogP contribution is 2.25. The number of benzene rings is 2. The average molecular weight is 352 g/mol. The molecule has 0 amide bonds. The molecule has 0 aliphatic rings. The highest BCUT2D eigenvalue weighted by atomic mass is 32.1. The van der Waals surface area contributed by atoms with Crippen molar-refractivity contribution in [2.75, 3.05) is 0 Å². The summed E-state index contributed by atoms with van der Waals surface area (Å²) in [4.78, 5) is 17.0. The quantitative estimate of drug-likeness (QED) is 0.677. The van der Waals surface area contributed by atoms with Gasteiger partial charge in [-0.1, -0.05) is 60.2 Å². The van der Waals surface area contributed by atoms with Crippen LogP contribution in [0.15, 0.2) is 60.8 Å². The van der Waals surface area contributed by atoms with Crippen LogP contribution >= 0.6 is 11.3 Å². The lowest BCUT2D eigenvalue weighted by molar-refractivity contribution is -0.139. The average Bonchev–Trinajstić information content (AvgIpc) is 3.09. The molecule has 25 heavy (non-hydrogen) atoms. The zero-order valence-corrected chi connectivity index (χ0v) is 14.8. The highest BCUT2D eigenvalue weighted by Gasteiger charge is 2.17. The molecule has 1 aromatic heterocycles. The highest BCUT2D eigenvalue weighted by molar-refractivity contribution is 7.15. The number of nitrogens with zero attached hydrogens (tertiary/aromatic N) is 1. The van der Waals surface area contributed by atoms with Crippen LogP contribution in [-0.2, 0) is 17.8 Å². The van der Waals surface area contributed by atoms with Crippen LogP contribution in [0.3, 0.4) is 0 Å². The number of carboxylic acid groups (broad SMARTS) is 1. The maximum Gasteiger partial charge on any atom is 0.321 e. The van der Waals surface area contributed by atoms with Gasteiger partial charge >= 0.3 is 5.97 Å². The molecule has 3 rings (SSSR count). The minimum atomic E-state index is -0.841. The molecule has 0 saturated heterocycles. The van der Waals surface area contributed by atoms with Crippen LogP contribution in [0.4, 0.5) is 0 Å². The minimum Gasteiger partial charge on any atom is -0.480 e. The summed E-state index contributed by atoms with van der Waals surface area (Å²) in [6.45, 7) is 2.55. The summed E-state index contributed by atoms with van der Waals surface area (Å²) in [5.74, 6) is -0.841. The fraction of sp³-hybridized carbons (Fsp3) is 0.200. The number of hydrogen-bond donors (Lipinski definition) is 2. The number of rotatable bonds is 7. The monoisotopic (exact) mass is 352 g/mol. The Labute approximate surface area is 151 Å². The van der Waals surface area contributed by atoms with Crippen molar-refractivity contribution >= 4 is 17.3 Å². The Morgan fingerprint density at radius 3 is 2.56 bits per heavy atom. The van der Waals surface area contributed by atoms with Crippen LogP contribution in [0.5, 0.6) is 0 Å². The van der Waals surface area contributed by atoms with Gasteiger partial charge in [0.15, 0.2) is 0 Å².